The maximum atomic E-state index is 10.3. The van der Waals surface area contributed by atoms with Crippen LogP contribution in [0.25, 0.3) is 0 Å². The Morgan fingerprint density at radius 2 is 1.57 bits per heavy atom. The average Bonchev–Trinajstić information content (AvgIpc) is 2.02. The predicted molar refractivity (Wildman–Crippen MR) is 42.3 cm³/mol. The third kappa shape index (κ3) is 7.01. The predicted octanol–water partition coefficient (Wildman–Crippen LogP) is -0.930. The number of carbonyl (C=O) groups excluding carboxylic acids is 2. The fourth-order valence-corrected chi connectivity index (χ4v) is 1.11. The standard InChI is InChI=1S/C9H16O4.Zn/c1-2-3-4-5-6-7(8(10)11)9(12)13;/h7H,2-6H2,1H3,(H,10,11)(H,12,13);/q;+2/p-2. The van der Waals surface area contributed by atoms with Gasteiger partial charge in [0.1, 0.15) is 0 Å². The number of unbranched alkanes of at least 4 members (excludes halogenated alkanes) is 3. The Morgan fingerprint density at radius 1 is 1.07 bits per heavy atom. The van der Waals surface area contributed by atoms with Gasteiger partial charge in [-0.15, -0.1) is 0 Å². The van der Waals surface area contributed by atoms with E-state index in [1.165, 1.54) is 0 Å². The average molecular weight is 252 g/mol. The van der Waals surface area contributed by atoms with E-state index >= 15 is 0 Å². The van der Waals surface area contributed by atoms with Crippen molar-refractivity contribution in [1.82, 2.24) is 0 Å². The molecule has 14 heavy (non-hydrogen) atoms. The van der Waals surface area contributed by atoms with Crippen LogP contribution >= 0.6 is 0 Å². The topological polar surface area (TPSA) is 80.3 Å². The Morgan fingerprint density at radius 3 is 1.93 bits per heavy atom. The zero-order chi connectivity index (χ0) is 10.3. The molecule has 0 aromatic carbocycles. The number of carboxylic acids is 2. The molecule has 0 saturated heterocycles. The molecule has 0 saturated carbocycles. The van der Waals surface area contributed by atoms with Crippen LogP contribution in [-0.4, -0.2) is 11.9 Å². The summed E-state index contributed by atoms with van der Waals surface area (Å²) in [4.78, 5) is 20.5. The van der Waals surface area contributed by atoms with Crippen molar-refractivity contribution >= 4 is 11.9 Å². The van der Waals surface area contributed by atoms with Crippen LogP contribution in [0.4, 0.5) is 0 Å². The maximum Gasteiger partial charge on any atom is 2.00 e. The molecular weight excluding hydrogens is 237 g/mol. The minimum absolute atomic E-state index is 0. The molecule has 0 unspecified atom stereocenters. The molecule has 0 radical (unpaired) electrons. The first-order valence-electron chi connectivity index (χ1n) is 4.51. The van der Waals surface area contributed by atoms with E-state index in [0.717, 1.165) is 19.3 Å². The van der Waals surface area contributed by atoms with Gasteiger partial charge in [-0.1, -0.05) is 32.6 Å². The van der Waals surface area contributed by atoms with Crippen LogP contribution in [0, 0.1) is 5.92 Å². The first-order chi connectivity index (χ1) is 6.09. The van der Waals surface area contributed by atoms with Gasteiger partial charge in [0.15, 0.2) is 0 Å². The summed E-state index contributed by atoms with van der Waals surface area (Å²) >= 11 is 0. The van der Waals surface area contributed by atoms with Crippen LogP contribution in [0.3, 0.4) is 0 Å². The molecule has 0 amide bonds. The smallest absolute Gasteiger partial charge is 0.549 e. The third-order valence-corrected chi connectivity index (χ3v) is 1.92. The van der Waals surface area contributed by atoms with Crippen molar-refractivity contribution in [3.05, 3.63) is 0 Å². The number of aliphatic carboxylic acids is 2. The van der Waals surface area contributed by atoms with Crippen molar-refractivity contribution in [1.29, 1.82) is 0 Å². The van der Waals surface area contributed by atoms with Gasteiger partial charge in [-0.3, -0.25) is 0 Å². The van der Waals surface area contributed by atoms with Crippen molar-refractivity contribution in [3.8, 4) is 0 Å². The Hall–Kier alpha value is -0.437. The van der Waals surface area contributed by atoms with E-state index in [9.17, 15) is 19.8 Å². The quantitative estimate of drug-likeness (QED) is 0.333. The molecule has 0 aromatic heterocycles. The molecule has 76 valence electrons. The summed E-state index contributed by atoms with van der Waals surface area (Å²) in [5, 5.41) is 20.5. The number of carbonyl (C=O) groups is 2. The van der Waals surface area contributed by atoms with Crippen molar-refractivity contribution < 1.29 is 39.3 Å². The first-order valence-corrected chi connectivity index (χ1v) is 4.51. The van der Waals surface area contributed by atoms with Crippen molar-refractivity contribution in [2.45, 2.75) is 39.0 Å². The van der Waals surface area contributed by atoms with Gasteiger partial charge in [0.2, 0.25) is 0 Å². The normalized spacial score (nSPS) is 9.57. The van der Waals surface area contributed by atoms with Crippen LogP contribution < -0.4 is 10.2 Å². The molecule has 0 aliphatic heterocycles. The fraction of sp³-hybridized carbons (Fsp3) is 0.778. The van der Waals surface area contributed by atoms with Crippen molar-refractivity contribution in [3.63, 3.8) is 0 Å². The number of hydrogen-bond acceptors (Lipinski definition) is 4. The number of hydrogen-bond donors (Lipinski definition) is 0. The second-order valence-electron chi connectivity index (χ2n) is 3.04. The van der Waals surface area contributed by atoms with Gasteiger partial charge in [0.05, 0.1) is 11.9 Å². The molecule has 0 N–H and O–H groups in total. The zero-order valence-electron chi connectivity index (χ0n) is 8.45. The monoisotopic (exact) mass is 250 g/mol. The summed E-state index contributed by atoms with van der Waals surface area (Å²) in [6.45, 7) is 2.02. The van der Waals surface area contributed by atoms with E-state index in [1.54, 1.807) is 0 Å². The molecule has 0 bridgehead atoms. The summed E-state index contributed by atoms with van der Waals surface area (Å²) in [5.41, 5.74) is 0. The molecule has 0 aromatic rings. The van der Waals surface area contributed by atoms with Crippen LogP contribution in [0.15, 0.2) is 0 Å². The number of rotatable bonds is 7. The zero-order valence-corrected chi connectivity index (χ0v) is 11.4. The van der Waals surface area contributed by atoms with Gasteiger partial charge in [-0.2, -0.15) is 0 Å². The third-order valence-electron chi connectivity index (χ3n) is 1.92. The van der Waals surface area contributed by atoms with E-state index in [2.05, 4.69) is 0 Å². The molecule has 4 nitrogen and oxygen atoms in total. The van der Waals surface area contributed by atoms with E-state index in [1.807, 2.05) is 6.92 Å². The van der Waals surface area contributed by atoms with Gasteiger partial charge in [-0.25, -0.2) is 0 Å². The van der Waals surface area contributed by atoms with Crippen molar-refractivity contribution in [2.75, 3.05) is 0 Å². The molecule has 0 aliphatic carbocycles. The van der Waals surface area contributed by atoms with E-state index in [-0.39, 0.29) is 25.9 Å². The summed E-state index contributed by atoms with van der Waals surface area (Å²) in [5.74, 6) is -4.54. The molecule has 0 aliphatic rings. The Bertz CT molecular complexity index is 168. The van der Waals surface area contributed by atoms with Crippen LogP contribution in [0.5, 0.6) is 0 Å². The first kappa shape index (κ1) is 16.0. The van der Waals surface area contributed by atoms with Gasteiger partial charge in [0.25, 0.3) is 0 Å². The van der Waals surface area contributed by atoms with Gasteiger partial charge in [-0.05, 0) is 6.42 Å². The van der Waals surface area contributed by atoms with Crippen LogP contribution in [0.2, 0.25) is 0 Å². The fourth-order valence-electron chi connectivity index (χ4n) is 1.11. The van der Waals surface area contributed by atoms with E-state index in [0.29, 0.717) is 6.42 Å². The van der Waals surface area contributed by atoms with Gasteiger partial charge in [0, 0.05) is 5.92 Å². The van der Waals surface area contributed by atoms with Crippen molar-refractivity contribution in [2.24, 2.45) is 5.92 Å². The molecular formula is C9H14O4Zn. The summed E-state index contributed by atoms with van der Waals surface area (Å²) in [6, 6.07) is 0. The second-order valence-corrected chi connectivity index (χ2v) is 3.04. The molecule has 0 rings (SSSR count). The second kappa shape index (κ2) is 9.13. The molecule has 0 heterocycles. The Balaban J connectivity index is 0. The summed E-state index contributed by atoms with van der Waals surface area (Å²) in [7, 11) is 0. The molecule has 0 fully saturated rings. The maximum absolute atomic E-state index is 10.3. The number of carboxylic acid groups (broad SMARTS) is 2. The SMILES string of the molecule is CCCCCCC(C(=O)[O-])C(=O)[O-].[Zn+2]. The summed E-state index contributed by atoms with van der Waals surface area (Å²) in [6.07, 6.45) is 3.59. The Kier molecular flexibility index (Phi) is 10.4. The van der Waals surface area contributed by atoms with Gasteiger partial charge < -0.3 is 19.8 Å². The minimum atomic E-state index is -1.54. The Labute approximate surface area is 96.5 Å². The molecule has 0 spiro atoms. The largest absolute Gasteiger partial charge is 2.00 e. The van der Waals surface area contributed by atoms with Gasteiger partial charge >= 0.3 is 19.5 Å². The van der Waals surface area contributed by atoms with Crippen LogP contribution in [0.1, 0.15) is 39.0 Å². The minimum Gasteiger partial charge on any atom is -0.549 e. The van der Waals surface area contributed by atoms with Crippen LogP contribution in [-0.2, 0) is 29.1 Å². The van der Waals surface area contributed by atoms with E-state index < -0.39 is 17.9 Å². The molecule has 5 heteroatoms. The molecule has 0 atom stereocenters. The van der Waals surface area contributed by atoms with E-state index in [4.69, 9.17) is 0 Å². The summed E-state index contributed by atoms with van der Waals surface area (Å²) < 4.78 is 0.